The topological polar surface area (TPSA) is 91.0 Å². The number of hydrogen-bond donors (Lipinski definition) is 3. The molecule has 2 fully saturated rings. The van der Waals surface area contributed by atoms with Crippen LogP contribution in [-0.4, -0.2) is 47.5 Å². The van der Waals surface area contributed by atoms with Crippen LogP contribution in [0.25, 0.3) is 0 Å². The Kier molecular flexibility index (Phi) is 4.52. The first-order chi connectivity index (χ1) is 9.51. The van der Waals surface area contributed by atoms with Gasteiger partial charge in [0.1, 0.15) is 5.41 Å². The predicted molar refractivity (Wildman–Crippen MR) is 77.6 cm³/mol. The summed E-state index contributed by atoms with van der Waals surface area (Å²) in [5.41, 5.74) is 4.97. The van der Waals surface area contributed by atoms with Gasteiger partial charge in [0.2, 0.25) is 5.91 Å². The zero-order valence-electron chi connectivity index (χ0n) is 12.4. The molecule has 0 aliphatic heterocycles. The van der Waals surface area contributed by atoms with E-state index in [1.807, 2.05) is 0 Å². The summed E-state index contributed by atoms with van der Waals surface area (Å²) in [4.78, 5) is 14.8. The van der Waals surface area contributed by atoms with Gasteiger partial charge in [0.15, 0.2) is 5.84 Å². The zero-order chi connectivity index (χ0) is 14.8. The lowest BCUT2D eigenvalue weighted by Gasteiger charge is -2.29. The standard InChI is InChI=1S/C14H26N4O2/c1-10(18(2)11-5-6-11)9-16-13(19)14(12(15)17-20)7-3-4-8-14/h10-11,20H,3-9H2,1-2H3,(H2,15,17)(H,16,19). The van der Waals surface area contributed by atoms with E-state index in [-0.39, 0.29) is 11.7 Å². The van der Waals surface area contributed by atoms with E-state index in [2.05, 4.69) is 29.3 Å². The van der Waals surface area contributed by atoms with Crippen molar-refractivity contribution >= 4 is 11.7 Å². The Morgan fingerprint density at radius 3 is 2.60 bits per heavy atom. The van der Waals surface area contributed by atoms with E-state index in [0.29, 0.717) is 31.5 Å². The van der Waals surface area contributed by atoms with Gasteiger partial charge >= 0.3 is 0 Å². The van der Waals surface area contributed by atoms with Crippen LogP contribution in [0.2, 0.25) is 0 Å². The molecule has 1 unspecified atom stereocenters. The Hall–Kier alpha value is -1.30. The number of likely N-dealkylation sites (N-methyl/N-ethyl adjacent to an activating group) is 1. The minimum Gasteiger partial charge on any atom is -0.409 e. The molecule has 0 spiro atoms. The number of hydrogen-bond acceptors (Lipinski definition) is 4. The highest BCUT2D eigenvalue weighted by molar-refractivity contribution is 6.07. The van der Waals surface area contributed by atoms with Crippen LogP contribution >= 0.6 is 0 Å². The van der Waals surface area contributed by atoms with Gasteiger partial charge in [-0.15, -0.1) is 0 Å². The average Bonchev–Trinajstić information content (AvgIpc) is 3.19. The minimum atomic E-state index is -0.799. The quantitative estimate of drug-likeness (QED) is 0.292. The van der Waals surface area contributed by atoms with Gasteiger partial charge in [-0.3, -0.25) is 9.69 Å². The summed E-state index contributed by atoms with van der Waals surface area (Å²) in [6, 6.07) is 0.976. The van der Waals surface area contributed by atoms with Crippen molar-refractivity contribution in [3.63, 3.8) is 0 Å². The molecule has 2 aliphatic carbocycles. The second-order valence-corrected chi connectivity index (χ2v) is 6.23. The molecule has 6 heteroatoms. The van der Waals surface area contributed by atoms with Crippen molar-refractivity contribution < 1.29 is 10.0 Å². The highest BCUT2D eigenvalue weighted by atomic mass is 16.4. The van der Waals surface area contributed by atoms with Crippen molar-refractivity contribution in [3.8, 4) is 0 Å². The van der Waals surface area contributed by atoms with Gasteiger partial charge in [-0.1, -0.05) is 18.0 Å². The third kappa shape index (κ3) is 2.90. The maximum atomic E-state index is 12.5. The molecule has 2 saturated carbocycles. The summed E-state index contributed by atoms with van der Waals surface area (Å²) < 4.78 is 0. The maximum Gasteiger partial charge on any atom is 0.234 e. The number of rotatable bonds is 6. The molecule has 6 nitrogen and oxygen atoms in total. The normalized spacial score (nSPS) is 23.9. The van der Waals surface area contributed by atoms with Crippen molar-refractivity contribution in [2.24, 2.45) is 16.3 Å². The van der Waals surface area contributed by atoms with Crippen LogP contribution in [0.4, 0.5) is 0 Å². The summed E-state index contributed by atoms with van der Waals surface area (Å²) in [6.07, 6.45) is 5.73. The molecule has 0 saturated heterocycles. The lowest BCUT2D eigenvalue weighted by Crippen LogP contribution is -2.51. The molecular formula is C14H26N4O2. The molecule has 0 bridgehead atoms. The average molecular weight is 282 g/mol. The molecule has 4 N–H and O–H groups in total. The molecule has 0 radical (unpaired) electrons. The Morgan fingerprint density at radius 1 is 1.50 bits per heavy atom. The van der Waals surface area contributed by atoms with Gasteiger partial charge < -0.3 is 16.3 Å². The highest BCUT2D eigenvalue weighted by Crippen LogP contribution is 2.38. The number of amidine groups is 1. The zero-order valence-corrected chi connectivity index (χ0v) is 12.4. The number of nitrogens with zero attached hydrogens (tertiary/aromatic N) is 2. The van der Waals surface area contributed by atoms with Gasteiger partial charge in [-0.25, -0.2) is 0 Å². The number of nitrogens with one attached hydrogen (secondary N) is 1. The second kappa shape index (κ2) is 5.99. The summed E-state index contributed by atoms with van der Waals surface area (Å²) in [5.74, 6) is -0.0444. The number of carbonyl (C=O) groups is 1. The summed E-state index contributed by atoms with van der Waals surface area (Å²) in [7, 11) is 2.10. The summed E-state index contributed by atoms with van der Waals surface area (Å²) in [5, 5.41) is 15.0. The van der Waals surface area contributed by atoms with Crippen molar-refractivity contribution in [1.29, 1.82) is 0 Å². The van der Waals surface area contributed by atoms with Crippen LogP contribution in [-0.2, 0) is 4.79 Å². The first kappa shape index (κ1) is 15.1. The first-order valence-corrected chi connectivity index (χ1v) is 7.49. The van der Waals surface area contributed by atoms with E-state index in [9.17, 15) is 4.79 Å². The van der Waals surface area contributed by atoms with Crippen molar-refractivity contribution in [2.75, 3.05) is 13.6 Å². The van der Waals surface area contributed by atoms with Crippen molar-refractivity contribution in [2.45, 2.75) is 57.5 Å². The number of carbonyl (C=O) groups excluding carboxylic acids is 1. The third-order valence-corrected chi connectivity index (χ3v) is 4.87. The Balaban J connectivity index is 1.92. The van der Waals surface area contributed by atoms with E-state index >= 15 is 0 Å². The minimum absolute atomic E-state index is 0.0516. The Labute approximate surface area is 120 Å². The SMILES string of the molecule is CC(CNC(=O)C1(C(N)=NO)CCCC1)N(C)C1CC1. The molecule has 2 rings (SSSR count). The van der Waals surface area contributed by atoms with E-state index in [1.54, 1.807) is 0 Å². The van der Waals surface area contributed by atoms with Gasteiger partial charge in [-0.05, 0) is 39.7 Å². The third-order valence-electron chi connectivity index (χ3n) is 4.87. The summed E-state index contributed by atoms with van der Waals surface area (Å²) in [6.45, 7) is 2.72. The van der Waals surface area contributed by atoms with E-state index in [1.165, 1.54) is 12.8 Å². The van der Waals surface area contributed by atoms with Crippen LogP contribution in [0.15, 0.2) is 5.16 Å². The molecule has 0 aromatic heterocycles. The molecule has 1 atom stereocenters. The predicted octanol–water partition coefficient (Wildman–Crippen LogP) is 0.892. The van der Waals surface area contributed by atoms with Crippen LogP contribution < -0.4 is 11.1 Å². The largest absolute Gasteiger partial charge is 0.409 e. The van der Waals surface area contributed by atoms with Gasteiger partial charge in [0.25, 0.3) is 0 Å². The van der Waals surface area contributed by atoms with Crippen LogP contribution in [0.3, 0.4) is 0 Å². The fraction of sp³-hybridized carbons (Fsp3) is 0.857. The van der Waals surface area contributed by atoms with Crippen LogP contribution in [0.5, 0.6) is 0 Å². The van der Waals surface area contributed by atoms with E-state index < -0.39 is 5.41 Å². The fourth-order valence-corrected chi connectivity index (χ4v) is 3.07. The molecule has 114 valence electrons. The van der Waals surface area contributed by atoms with Gasteiger partial charge in [-0.2, -0.15) is 0 Å². The maximum absolute atomic E-state index is 12.5. The van der Waals surface area contributed by atoms with E-state index in [4.69, 9.17) is 10.9 Å². The van der Waals surface area contributed by atoms with Gasteiger partial charge in [0, 0.05) is 18.6 Å². The first-order valence-electron chi connectivity index (χ1n) is 7.49. The molecular weight excluding hydrogens is 256 g/mol. The second-order valence-electron chi connectivity index (χ2n) is 6.23. The Bertz CT molecular complexity index is 387. The Morgan fingerprint density at radius 2 is 2.10 bits per heavy atom. The lowest BCUT2D eigenvalue weighted by atomic mass is 9.83. The molecule has 1 amide bonds. The molecule has 0 aromatic rings. The number of oxime groups is 1. The van der Waals surface area contributed by atoms with Crippen molar-refractivity contribution in [3.05, 3.63) is 0 Å². The van der Waals surface area contributed by atoms with Gasteiger partial charge in [0.05, 0.1) is 0 Å². The number of nitrogens with two attached hydrogens (primary N) is 1. The highest BCUT2D eigenvalue weighted by Gasteiger charge is 2.45. The van der Waals surface area contributed by atoms with Crippen LogP contribution in [0, 0.1) is 5.41 Å². The van der Waals surface area contributed by atoms with Crippen molar-refractivity contribution in [1.82, 2.24) is 10.2 Å². The monoisotopic (exact) mass is 282 g/mol. The molecule has 0 aromatic carbocycles. The summed E-state index contributed by atoms with van der Waals surface area (Å²) >= 11 is 0. The number of amides is 1. The smallest absolute Gasteiger partial charge is 0.234 e. The molecule has 20 heavy (non-hydrogen) atoms. The van der Waals surface area contributed by atoms with E-state index in [0.717, 1.165) is 12.8 Å². The molecule has 0 heterocycles. The van der Waals surface area contributed by atoms with Crippen LogP contribution in [0.1, 0.15) is 45.4 Å². The lowest BCUT2D eigenvalue weighted by molar-refractivity contribution is -0.127. The fourth-order valence-electron chi connectivity index (χ4n) is 3.07. The molecule has 2 aliphatic rings.